The predicted molar refractivity (Wildman–Crippen MR) is 220 cm³/mol. The lowest BCUT2D eigenvalue weighted by atomic mass is 10.0. The normalized spacial score (nSPS) is 11.7. The van der Waals surface area contributed by atoms with Crippen LogP contribution in [0, 0.1) is 0 Å². The van der Waals surface area contributed by atoms with Crippen molar-refractivity contribution in [3.8, 4) is 45.5 Å². The lowest BCUT2D eigenvalue weighted by molar-refractivity contribution is 0.953. The number of hydrogen-bond acceptors (Lipinski definition) is 5. The second-order valence-corrected chi connectivity index (χ2v) is 13.5. The van der Waals surface area contributed by atoms with Crippen LogP contribution in [0.5, 0.6) is 0 Å². The zero-order chi connectivity index (χ0) is 36.5. The summed E-state index contributed by atoms with van der Waals surface area (Å²) in [5, 5.41) is 2.80. The van der Waals surface area contributed by atoms with E-state index in [0.29, 0.717) is 28.8 Å². The van der Waals surface area contributed by atoms with Gasteiger partial charge in [-0.15, -0.1) is 0 Å². The molecule has 4 aromatic heterocycles. The average molecular weight is 708 g/mol. The van der Waals surface area contributed by atoms with Crippen LogP contribution in [-0.4, -0.2) is 33.5 Å². The minimum absolute atomic E-state index is 0.100. The van der Waals surface area contributed by atoms with Crippen LogP contribution >= 0.6 is 0 Å². The highest BCUT2D eigenvalue weighted by Gasteiger charge is 2.20. The molecule has 0 fully saturated rings. The number of aromatic nitrogens is 7. The lowest BCUT2D eigenvalue weighted by Gasteiger charge is -2.11. The van der Waals surface area contributed by atoms with Crippen molar-refractivity contribution in [1.29, 1.82) is 0 Å². The van der Waals surface area contributed by atoms with E-state index < -0.39 is 0 Å². The highest BCUT2D eigenvalue weighted by atomic mass is 16.1. The number of imidazole rings is 1. The number of hydrogen-bond donors (Lipinski definition) is 0. The quantitative estimate of drug-likeness (QED) is 0.178. The van der Waals surface area contributed by atoms with Crippen LogP contribution in [0.15, 0.2) is 181 Å². The first-order valence-corrected chi connectivity index (χ1v) is 18.1. The summed E-state index contributed by atoms with van der Waals surface area (Å²) in [6.07, 6.45) is 0. The van der Waals surface area contributed by atoms with Gasteiger partial charge in [-0.3, -0.25) is 13.8 Å². The molecule has 0 unspecified atom stereocenters. The first-order valence-electron chi connectivity index (χ1n) is 18.1. The first kappa shape index (κ1) is 30.9. The van der Waals surface area contributed by atoms with Crippen LogP contribution < -0.4 is 5.56 Å². The molecule has 55 heavy (non-hydrogen) atoms. The van der Waals surface area contributed by atoms with Crippen LogP contribution in [0.3, 0.4) is 0 Å². The predicted octanol–water partition coefficient (Wildman–Crippen LogP) is 10.1. The van der Waals surface area contributed by atoms with E-state index in [2.05, 4.69) is 63.6 Å². The van der Waals surface area contributed by atoms with Gasteiger partial charge in [0.05, 0.1) is 38.7 Å². The van der Waals surface area contributed by atoms with Crippen LogP contribution in [-0.2, 0) is 0 Å². The zero-order valence-electron chi connectivity index (χ0n) is 29.3. The fraction of sp³-hybridized carbons (Fsp3) is 0. The Labute approximate surface area is 313 Å². The molecule has 4 heterocycles. The minimum atomic E-state index is -0.100. The Morgan fingerprint density at radius 3 is 1.62 bits per heavy atom. The number of benzene rings is 7. The Balaban J connectivity index is 1.11. The summed E-state index contributed by atoms with van der Waals surface area (Å²) in [5.74, 6) is 2.34. The van der Waals surface area contributed by atoms with E-state index in [1.807, 2.05) is 121 Å². The molecule has 0 aliphatic carbocycles. The average Bonchev–Trinajstić information content (AvgIpc) is 3.80. The highest BCUT2D eigenvalue weighted by Crippen LogP contribution is 2.36. The zero-order valence-corrected chi connectivity index (χ0v) is 29.3. The Morgan fingerprint density at radius 1 is 0.382 bits per heavy atom. The molecule has 0 radical (unpaired) electrons. The molecule has 0 spiro atoms. The fourth-order valence-corrected chi connectivity index (χ4v) is 7.77. The van der Waals surface area contributed by atoms with E-state index in [9.17, 15) is 4.79 Å². The van der Waals surface area contributed by atoms with E-state index in [4.69, 9.17) is 19.9 Å². The summed E-state index contributed by atoms with van der Waals surface area (Å²) in [5.41, 5.74) is 9.11. The SMILES string of the molecule is O=c1c2ccccc2n2c3ccc(-c4ccc5c(c4)c4ccccc4n5-c4nc(-c5ccccc5)nc(-c5ccccc5)n4)cc3nc2n1-c1ccccc1. The second kappa shape index (κ2) is 12.2. The topological polar surface area (TPSA) is 82.9 Å². The van der Waals surface area contributed by atoms with E-state index in [-0.39, 0.29) is 5.56 Å². The van der Waals surface area contributed by atoms with Gasteiger partial charge in [-0.2, -0.15) is 9.97 Å². The van der Waals surface area contributed by atoms with Gasteiger partial charge in [-0.25, -0.2) is 14.5 Å². The Hall–Kier alpha value is -7.71. The first-order chi connectivity index (χ1) is 27.2. The van der Waals surface area contributed by atoms with Crippen LogP contribution in [0.4, 0.5) is 0 Å². The van der Waals surface area contributed by atoms with E-state index in [1.165, 1.54) is 0 Å². The van der Waals surface area contributed by atoms with Crippen LogP contribution in [0.1, 0.15) is 0 Å². The van der Waals surface area contributed by atoms with Crippen LogP contribution in [0.25, 0.3) is 95.1 Å². The number of para-hydroxylation sites is 3. The standard InChI is InChI=1S/C47H29N7O/c55-45-36-21-11-13-23-40(36)54-42-27-25-33(29-38(42)48-47(54)52(45)34-18-8-3-9-19-34)32-24-26-41-37(28-32)35-20-10-12-22-39(35)53(41)46-50-43(30-14-4-1-5-15-30)49-44(51-46)31-16-6-2-7-17-31/h1-29H. The van der Waals surface area contributed by atoms with Gasteiger partial charge >= 0.3 is 0 Å². The smallest absolute Gasteiger partial charge is 0.267 e. The number of nitrogens with zero attached hydrogens (tertiary/aromatic N) is 7. The lowest BCUT2D eigenvalue weighted by Crippen LogP contribution is -2.21. The van der Waals surface area contributed by atoms with E-state index >= 15 is 0 Å². The fourth-order valence-electron chi connectivity index (χ4n) is 7.77. The van der Waals surface area contributed by atoms with Gasteiger partial charge in [0.1, 0.15) is 0 Å². The largest absolute Gasteiger partial charge is 0.278 e. The molecular weight excluding hydrogens is 679 g/mol. The number of rotatable bonds is 5. The molecule has 0 bridgehead atoms. The van der Waals surface area contributed by atoms with Crippen LogP contribution in [0.2, 0.25) is 0 Å². The molecule has 0 N–H and O–H groups in total. The second-order valence-electron chi connectivity index (χ2n) is 13.5. The summed E-state index contributed by atoms with van der Waals surface area (Å²) < 4.78 is 5.92. The molecule has 8 nitrogen and oxygen atoms in total. The third-order valence-corrected chi connectivity index (χ3v) is 10.3. The van der Waals surface area contributed by atoms with Crippen molar-refractivity contribution in [3.63, 3.8) is 0 Å². The third kappa shape index (κ3) is 4.89. The van der Waals surface area contributed by atoms with Crippen molar-refractivity contribution in [2.45, 2.75) is 0 Å². The van der Waals surface area contributed by atoms with Crippen molar-refractivity contribution in [3.05, 3.63) is 186 Å². The Bertz CT molecular complexity index is 3270. The summed E-state index contributed by atoms with van der Waals surface area (Å²) >= 11 is 0. The number of fused-ring (bicyclic) bond motifs is 8. The van der Waals surface area contributed by atoms with E-state index in [0.717, 1.165) is 66.3 Å². The summed E-state index contributed by atoms with van der Waals surface area (Å²) in [7, 11) is 0. The monoisotopic (exact) mass is 707 g/mol. The third-order valence-electron chi connectivity index (χ3n) is 10.3. The molecule has 0 saturated heterocycles. The van der Waals surface area contributed by atoms with E-state index in [1.54, 1.807) is 4.57 Å². The molecule has 0 atom stereocenters. The molecule has 11 rings (SSSR count). The Kier molecular flexibility index (Phi) is 6.84. The van der Waals surface area contributed by atoms with Gasteiger partial charge in [-0.1, -0.05) is 121 Å². The molecule has 258 valence electrons. The molecular formula is C47H29N7O. The van der Waals surface area contributed by atoms with Gasteiger partial charge in [-0.05, 0) is 65.7 Å². The van der Waals surface area contributed by atoms with Crippen molar-refractivity contribution < 1.29 is 0 Å². The molecule has 8 heteroatoms. The molecule has 0 amide bonds. The molecule has 7 aromatic carbocycles. The van der Waals surface area contributed by atoms with Gasteiger partial charge < -0.3 is 0 Å². The summed E-state index contributed by atoms with van der Waals surface area (Å²) in [4.78, 5) is 34.1. The van der Waals surface area contributed by atoms with Crippen molar-refractivity contribution >= 4 is 49.5 Å². The molecule has 0 saturated carbocycles. The summed E-state index contributed by atoms with van der Waals surface area (Å²) in [6.45, 7) is 0. The van der Waals surface area contributed by atoms with Gasteiger partial charge in [0.15, 0.2) is 11.6 Å². The molecule has 0 aliphatic heterocycles. The highest BCUT2D eigenvalue weighted by molar-refractivity contribution is 6.10. The molecule has 11 aromatic rings. The maximum Gasteiger partial charge on any atom is 0.267 e. The van der Waals surface area contributed by atoms with Crippen molar-refractivity contribution in [2.75, 3.05) is 0 Å². The maximum absolute atomic E-state index is 13.9. The molecule has 0 aliphatic rings. The van der Waals surface area contributed by atoms with Crippen molar-refractivity contribution in [2.24, 2.45) is 0 Å². The minimum Gasteiger partial charge on any atom is -0.278 e. The van der Waals surface area contributed by atoms with Gasteiger partial charge in [0, 0.05) is 21.9 Å². The van der Waals surface area contributed by atoms with Crippen molar-refractivity contribution in [1.82, 2.24) is 33.5 Å². The maximum atomic E-state index is 13.9. The summed E-state index contributed by atoms with van der Waals surface area (Å²) in [6, 6.07) is 58.7. The Morgan fingerprint density at radius 2 is 0.927 bits per heavy atom. The van der Waals surface area contributed by atoms with Gasteiger partial charge in [0.2, 0.25) is 11.7 Å². The van der Waals surface area contributed by atoms with Gasteiger partial charge in [0.25, 0.3) is 5.56 Å².